The smallest absolute Gasteiger partial charge is 0.235 e. The van der Waals surface area contributed by atoms with E-state index in [1.807, 2.05) is 12.3 Å². The largest absolute Gasteiger partial charge is 0.333 e. The quantitative estimate of drug-likeness (QED) is 0.172. The maximum absolute atomic E-state index is 5.30. The Hall–Kier alpha value is -7.04. The number of rotatable bonds is 6. The second-order valence-electron chi connectivity index (χ2n) is 14.9. The zero-order valence-corrected chi connectivity index (χ0v) is 30.8. The lowest BCUT2D eigenvalue weighted by atomic mass is 9.81. The molecule has 0 saturated heterocycles. The first-order chi connectivity index (χ1) is 27.8. The molecule has 4 heteroatoms. The highest BCUT2D eigenvalue weighted by molar-refractivity contribution is 5.94. The predicted octanol–water partition coefficient (Wildman–Crippen LogP) is 12.5. The highest BCUT2D eigenvalue weighted by Gasteiger charge is 2.37. The third-order valence-corrected chi connectivity index (χ3v) is 11.7. The second-order valence-corrected chi connectivity index (χ2v) is 14.9. The van der Waals surface area contributed by atoms with E-state index in [4.69, 9.17) is 9.97 Å². The van der Waals surface area contributed by atoms with Crippen LogP contribution in [0.3, 0.4) is 0 Å². The molecule has 56 heavy (non-hydrogen) atoms. The Bertz CT molecular complexity index is 2810. The van der Waals surface area contributed by atoms with Gasteiger partial charge in [0.15, 0.2) is 0 Å². The summed E-state index contributed by atoms with van der Waals surface area (Å²) in [5, 5.41) is 1.26. The number of fused-ring (bicyclic) bond motifs is 6. The first-order valence-corrected chi connectivity index (χ1v) is 19.5. The molecule has 3 heterocycles. The van der Waals surface area contributed by atoms with Crippen LogP contribution in [0.2, 0.25) is 0 Å². The van der Waals surface area contributed by atoms with Crippen molar-refractivity contribution in [2.45, 2.75) is 18.9 Å². The summed E-state index contributed by atoms with van der Waals surface area (Å²) in [4.78, 5) is 12.7. The normalized spacial score (nSPS) is 16.9. The van der Waals surface area contributed by atoms with E-state index < -0.39 is 0 Å². The first kappa shape index (κ1) is 32.4. The van der Waals surface area contributed by atoms with Crippen LogP contribution in [0.15, 0.2) is 194 Å². The molecule has 0 bridgehead atoms. The fourth-order valence-corrected chi connectivity index (χ4v) is 9.12. The standard InChI is InChI=1S/C52H38N4/c1-4-14-35(15-5-1)39-30-40(36-16-6-2-7-17-36)32-41(31-39)47-28-29-53-52(54-47)56-49-23-13-11-21-44(49)46-34-38(25-27-51(46)56)37-24-26-50-45(33-37)43-20-10-12-22-48(43)55(50)42-18-8-3-9-19-42/h1-25,27-33,38,50H,26,34H2. The van der Waals surface area contributed by atoms with Crippen molar-refractivity contribution < 1.29 is 0 Å². The van der Waals surface area contributed by atoms with E-state index in [1.165, 1.54) is 50.2 Å². The molecule has 2 aromatic heterocycles. The molecule has 0 spiro atoms. The number of anilines is 2. The summed E-state index contributed by atoms with van der Waals surface area (Å²) in [5.41, 5.74) is 16.9. The third-order valence-electron chi connectivity index (χ3n) is 11.7. The Morgan fingerprint density at radius 2 is 1.27 bits per heavy atom. The Balaban J connectivity index is 0.967. The number of hydrogen-bond donors (Lipinski definition) is 0. The van der Waals surface area contributed by atoms with Gasteiger partial charge in [0.05, 0.1) is 22.9 Å². The highest BCUT2D eigenvalue weighted by atomic mass is 15.2. The molecule has 266 valence electrons. The van der Waals surface area contributed by atoms with Gasteiger partial charge in [0.25, 0.3) is 0 Å². The van der Waals surface area contributed by atoms with Gasteiger partial charge >= 0.3 is 0 Å². The monoisotopic (exact) mass is 718 g/mol. The van der Waals surface area contributed by atoms with Crippen molar-refractivity contribution in [3.63, 3.8) is 0 Å². The van der Waals surface area contributed by atoms with Crippen LogP contribution in [-0.4, -0.2) is 20.6 Å². The maximum atomic E-state index is 5.30. The number of nitrogens with zero attached hydrogens (tertiary/aromatic N) is 4. The van der Waals surface area contributed by atoms with Crippen LogP contribution >= 0.6 is 0 Å². The van der Waals surface area contributed by atoms with E-state index >= 15 is 0 Å². The Labute approximate surface area is 327 Å². The summed E-state index contributed by atoms with van der Waals surface area (Å²) in [6.07, 6.45) is 13.5. The molecule has 4 nitrogen and oxygen atoms in total. The molecule has 11 rings (SSSR count). The summed E-state index contributed by atoms with van der Waals surface area (Å²) in [7, 11) is 0. The van der Waals surface area contributed by atoms with Crippen LogP contribution in [0.4, 0.5) is 11.4 Å². The number of hydrogen-bond acceptors (Lipinski definition) is 3. The van der Waals surface area contributed by atoms with Crippen LogP contribution in [0.5, 0.6) is 0 Å². The topological polar surface area (TPSA) is 34.0 Å². The van der Waals surface area contributed by atoms with Crippen LogP contribution in [-0.2, 0) is 6.42 Å². The molecule has 0 fully saturated rings. The van der Waals surface area contributed by atoms with Crippen molar-refractivity contribution in [1.29, 1.82) is 0 Å². The number of para-hydroxylation sites is 3. The van der Waals surface area contributed by atoms with E-state index in [2.05, 4.69) is 191 Å². The minimum absolute atomic E-state index is 0.275. The van der Waals surface area contributed by atoms with Gasteiger partial charge in [-0.15, -0.1) is 0 Å². The lowest BCUT2D eigenvalue weighted by molar-refractivity contribution is 0.735. The Morgan fingerprint density at radius 1 is 0.607 bits per heavy atom. The fourth-order valence-electron chi connectivity index (χ4n) is 9.12. The minimum Gasteiger partial charge on any atom is -0.333 e. The lowest BCUT2D eigenvalue weighted by Crippen LogP contribution is -2.28. The van der Waals surface area contributed by atoms with Crippen molar-refractivity contribution in [1.82, 2.24) is 14.5 Å². The predicted molar refractivity (Wildman–Crippen MR) is 231 cm³/mol. The zero-order valence-electron chi connectivity index (χ0n) is 30.8. The summed E-state index contributed by atoms with van der Waals surface area (Å²) < 4.78 is 2.26. The van der Waals surface area contributed by atoms with Crippen molar-refractivity contribution in [3.8, 4) is 39.5 Å². The molecule has 0 N–H and O–H groups in total. The van der Waals surface area contributed by atoms with E-state index in [0.717, 1.165) is 46.4 Å². The van der Waals surface area contributed by atoms with Crippen molar-refractivity contribution >= 4 is 33.9 Å². The van der Waals surface area contributed by atoms with Crippen LogP contribution in [0, 0.1) is 5.92 Å². The average Bonchev–Trinajstić information content (AvgIpc) is 3.79. The number of allylic oxidation sites excluding steroid dienone is 3. The van der Waals surface area contributed by atoms with Gasteiger partial charge in [0.2, 0.25) is 5.95 Å². The van der Waals surface area contributed by atoms with Gasteiger partial charge in [-0.2, -0.15) is 0 Å². The molecule has 2 unspecified atom stereocenters. The summed E-state index contributed by atoms with van der Waals surface area (Å²) in [5.74, 6) is 0.956. The first-order valence-electron chi connectivity index (χ1n) is 19.5. The summed E-state index contributed by atoms with van der Waals surface area (Å²) in [6.45, 7) is 0. The summed E-state index contributed by atoms with van der Waals surface area (Å²) >= 11 is 0. The maximum Gasteiger partial charge on any atom is 0.235 e. The van der Waals surface area contributed by atoms with Gasteiger partial charge in [-0.05, 0) is 106 Å². The van der Waals surface area contributed by atoms with Crippen molar-refractivity contribution in [2.75, 3.05) is 4.90 Å². The Morgan fingerprint density at radius 3 is 2.04 bits per heavy atom. The Kier molecular flexibility index (Phi) is 7.73. The van der Waals surface area contributed by atoms with Crippen molar-refractivity contribution in [2.24, 2.45) is 5.92 Å². The molecule has 6 aromatic carbocycles. The van der Waals surface area contributed by atoms with E-state index in [0.29, 0.717) is 12.0 Å². The summed E-state index contributed by atoms with van der Waals surface area (Å²) in [6, 6.07) is 58.7. The fraction of sp³-hybridized carbons (Fsp3) is 0.0769. The average molecular weight is 719 g/mol. The van der Waals surface area contributed by atoms with Crippen LogP contribution in [0.25, 0.3) is 62.0 Å². The zero-order chi connectivity index (χ0) is 37.0. The van der Waals surface area contributed by atoms with Crippen LogP contribution < -0.4 is 4.90 Å². The lowest BCUT2D eigenvalue weighted by Gasteiger charge is -2.31. The second kappa shape index (κ2) is 13.4. The molecule has 2 atom stereocenters. The molecule has 0 radical (unpaired) electrons. The van der Waals surface area contributed by atoms with Gasteiger partial charge in [-0.25, -0.2) is 9.97 Å². The number of aromatic nitrogens is 3. The molecule has 8 aromatic rings. The molecule has 3 aliphatic rings. The molecule has 1 aliphatic heterocycles. The number of benzene rings is 6. The highest BCUT2D eigenvalue weighted by Crippen LogP contribution is 2.49. The van der Waals surface area contributed by atoms with E-state index in [1.54, 1.807) is 0 Å². The van der Waals surface area contributed by atoms with Gasteiger partial charge in [-0.1, -0.05) is 133 Å². The molecular formula is C52H38N4. The van der Waals surface area contributed by atoms with E-state index in [9.17, 15) is 0 Å². The van der Waals surface area contributed by atoms with E-state index in [-0.39, 0.29) is 5.92 Å². The van der Waals surface area contributed by atoms with Gasteiger partial charge in [0, 0.05) is 40.0 Å². The molecule has 0 saturated carbocycles. The molecular weight excluding hydrogens is 681 g/mol. The third kappa shape index (κ3) is 5.45. The van der Waals surface area contributed by atoms with Gasteiger partial charge in [0.1, 0.15) is 0 Å². The molecule has 0 amide bonds. The van der Waals surface area contributed by atoms with Gasteiger partial charge in [-0.3, -0.25) is 4.57 Å². The van der Waals surface area contributed by atoms with Gasteiger partial charge < -0.3 is 4.90 Å². The van der Waals surface area contributed by atoms with Crippen LogP contribution in [0.1, 0.15) is 23.2 Å². The SMILES string of the molecule is C1=CC(C2=CCC3C(=C2)c2ccccc2N3c2ccccc2)Cc2c1n(-c1nccc(-c3cc(-c4ccccc4)cc(-c4ccccc4)c3)n1)c1ccccc21. The molecule has 2 aliphatic carbocycles. The van der Waals surface area contributed by atoms with Crippen molar-refractivity contribution in [3.05, 3.63) is 211 Å². The minimum atomic E-state index is 0.275.